The molecule has 3 aromatic rings. The maximum atomic E-state index is 8.96. The summed E-state index contributed by atoms with van der Waals surface area (Å²) in [6.45, 7) is 2.08. The Morgan fingerprint density at radius 2 is 2.05 bits per heavy atom. The third kappa shape index (κ3) is 2.96. The first-order valence-corrected chi connectivity index (χ1v) is 6.99. The van der Waals surface area contributed by atoms with E-state index in [-0.39, 0.29) is 6.04 Å². The van der Waals surface area contributed by atoms with Gasteiger partial charge in [0.05, 0.1) is 29.7 Å². The average molecular weight is 289 g/mol. The minimum atomic E-state index is 0.109. The Kier molecular flexibility index (Phi) is 3.84. The zero-order chi connectivity index (χ0) is 15.4. The van der Waals surface area contributed by atoms with Gasteiger partial charge in [0.1, 0.15) is 0 Å². The third-order valence-electron chi connectivity index (χ3n) is 3.43. The van der Waals surface area contributed by atoms with Crippen LogP contribution in [0.3, 0.4) is 0 Å². The number of anilines is 1. The lowest BCUT2D eigenvalue weighted by Crippen LogP contribution is -2.07. The molecule has 2 aromatic carbocycles. The molecule has 0 aliphatic heterocycles. The van der Waals surface area contributed by atoms with E-state index < -0.39 is 0 Å². The molecule has 0 radical (unpaired) electrons. The summed E-state index contributed by atoms with van der Waals surface area (Å²) in [6.07, 6.45) is 3.47. The lowest BCUT2D eigenvalue weighted by Gasteiger charge is -2.16. The average Bonchev–Trinajstić information content (AvgIpc) is 3.09. The van der Waals surface area contributed by atoms with E-state index >= 15 is 0 Å². The summed E-state index contributed by atoms with van der Waals surface area (Å²) in [7, 11) is 0. The molecule has 108 valence electrons. The van der Waals surface area contributed by atoms with Crippen molar-refractivity contribution in [1.29, 1.82) is 5.26 Å². The maximum Gasteiger partial charge on any atom is 0.0992 e. The molecule has 0 spiro atoms. The van der Waals surface area contributed by atoms with E-state index in [0.717, 1.165) is 16.9 Å². The molecule has 1 N–H and O–H groups in total. The van der Waals surface area contributed by atoms with Crippen molar-refractivity contribution in [3.05, 3.63) is 72.1 Å². The molecule has 0 aliphatic rings. The molecule has 1 atom stereocenters. The van der Waals surface area contributed by atoms with Crippen LogP contribution in [-0.2, 0) is 0 Å². The molecule has 3 rings (SSSR count). The van der Waals surface area contributed by atoms with Gasteiger partial charge in [0.25, 0.3) is 0 Å². The fraction of sp³-hybridized carbons (Fsp3) is 0.118. The summed E-state index contributed by atoms with van der Waals surface area (Å²) >= 11 is 0. The Morgan fingerprint density at radius 1 is 1.18 bits per heavy atom. The van der Waals surface area contributed by atoms with Crippen LogP contribution in [0.25, 0.3) is 5.69 Å². The van der Waals surface area contributed by atoms with Gasteiger partial charge in [-0.25, -0.2) is 4.68 Å². The number of hydrogen-bond donors (Lipinski definition) is 1. The number of hydrogen-bond acceptors (Lipinski definition) is 4. The highest BCUT2D eigenvalue weighted by Gasteiger charge is 2.07. The van der Waals surface area contributed by atoms with Crippen LogP contribution in [0.5, 0.6) is 0 Å². The van der Waals surface area contributed by atoms with E-state index in [1.54, 1.807) is 16.9 Å². The van der Waals surface area contributed by atoms with E-state index in [2.05, 4.69) is 40.8 Å². The number of nitrogens with zero attached hydrogens (tertiary/aromatic N) is 4. The molecule has 0 amide bonds. The van der Waals surface area contributed by atoms with Crippen molar-refractivity contribution in [2.45, 2.75) is 13.0 Å². The topological polar surface area (TPSA) is 66.5 Å². The van der Waals surface area contributed by atoms with Crippen molar-refractivity contribution in [3.63, 3.8) is 0 Å². The fourth-order valence-electron chi connectivity index (χ4n) is 2.29. The normalized spacial score (nSPS) is 11.6. The summed E-state index contributed by atoms with van der Waals surface area (Å²) < 4.78 is 1.73. The molecule has 0 aliphatic carbocycles. The highest BCUT2D eigenvalue weighted by molar-refractivity contribution is 5.51. The van der Waals surface area contributed by atoms with Gasteiger partial charge in [0.15, 0.2) is 0 Å². The number of benzene rings is 2. The van der Waals surface area contributed by atoms with E-state index in [1.165, 1.54) is 0 Å². The maximum absolute atomic E-state index is 8.96. The number of aromatic nitrogens is 3. The van der Waals surface area contributed by atoms with Crippen LogP contribution in [-0.4, -0.2) is 15.0 Å². The summed E-state index contributed by atoms with van der Waals surface area (Å²) in [6, 6.07) is 17.8. The second-order valence-corrected chi connectivity index (χ2v) is 5.00. The Morgan fingerprint density at radius 3 is 2.82 bits per heavy atom. The Bertz CT molecular complexity index is 802. The Hall–Kier alpha value is -3.13. The molecule has 1 heterocycles. The second-order valence-electron chi connectivity index (χ2n) is 5.00. The van der Waals surface area contributed by atoms with Crippen LogP contribution in [0, 0.1) is 11.3 Å². The predicted octanol–water partition coefficient (Wildman–Crippen LogP) is 3.31. The molecular formula is C17H15N5. The van der Waals surface area contributed by atoms with Gasteiger partial charge in [0, 0.05) is 11.7 Å². The smallest absolute Gasteiger partial charge is 0.0992 e. The van der Waals surface area contributed by atoms with E-state index in [0.29, 0.717) is 5.56 Å². The first-order valence-electron chi connectivity index (χ1n) is 6.99. The van der Waals surface area contributed by atoms with Crippen LogP contribution < -0.4 is 5.32 Å². The minimum Gasteiger partial charge on any atom is -0.378 e. The molecule has 0 bridgehead atoms. The number of nitriles is 1. The summed E-state index contributed by atoms with van der Waals surface area (Å²) in [4.78, 5) is 0. The predicted molar refractivity (Wildman–Crippen MR) is 84.6 cm³/mol. The quantitative estimate of drug-likeness (QED) is 0.800. The fourth-order valence-corrected chi connectivity index (χ4v) is 2.29. The van der Waals surface area contributed by atoms with Crippen LogP contribution in [0.15, 0.2) is 60.9 Å². The van der Waals surface area contributed by atoms with Gasteiger partial charge in [-0.3, -0.25) is 0 Å². The summed E-state index contributed by atoms with van der Waals surface area (Å²) in [5.41, 5.74) is 3.68. The largest absolute Gasteiger partial charge is 0.378 e. The lowest BCUT2D eigenvalue weighted by atomic mass is 10.1. The van der Waals surface area contributed by atoms with Crippen molar-refractivity contribution in [2.24, 2.45) is 0 Å². The monoisotopic (exact) mass is 289 g/mol. The van der Waals surface area contributed by atoms with Crippen LogP contribution in [0.1, 0.15) is 24.1 Å². The van der Waals surface area contributed by atoms with Gasteiger partial charge in [-0.05, 0) is 42.8 Å². The van der Waals surface area contributed by atoms with Crippen molar-refractivity contribution < 1.29 is 0 Å². The van der Waals surface area contributed by atoms with Crippen molar-refractivity contribution >= 4 is 5.69 Å². The lowest BCUT2D eigenvalue weighted by molar-refractivity contribution is 0.797. The van der Waals surface area contributed by atoms with Gasteiger partial charge in [-0.2, -0.15) is 5.26 Å². The standard InChI is InChI=1S/C17H15N5/c1-13(20-16-6-2-4-14(10-16)12-18)15-5-3-7-17(11-15)22-9-8-19-21-22/h2-11,13,20H,1H3/t13-/m0/s1. The number of nitrogens with one attached hydrogen (secondary N) is 1. The Labute approximate surface area is 128 Å². The first-order chi connectivity index (χ1) is 10.8. The van der Waals surface area contributed by atoms with Gasteiger partial charge in [-0.15, -0.1) is 5.10 Å². The second kappa shape index (κ2) is 6.10. The van der Waals surface area contributed by atoms with E-state index in [1.807, 2.05) is 36.5 Å². The summed E-state index contributed by atoms with van der Waals surface area (Å²) in [5.74, 6) is 0. The summed E-state index contributed by atoms with van der Waals surface area (Å²) in [5, 5.41) is 20.2. The van der Waals surface area contributed by atoms with E-state index in [4.69, 9.17) is 5.26 Å². The van der Waals surface area contributed by atoms with E-state index in [9.17, 15) is 0 Å². The van der Waals surface area contributed by atoms with Crippen LogP contribution >= 0.6 is 0 Å². The molecule has 0 saturated heterocycles. The Balaban J connectivity index is 1.82. The van der Waals surface area contributed by atoms with Gasteiger partial charge >= 0.3 is 0 Å². The zero-order valence-electron chi connectivity index (χ0n) is 12.1. The van der Waals surface area contributed by atoms with Crippen molar-refractivity contribution in [2.75, 3.05) is 5.32 Å². The minimum absolute atomic E-state index is 0.109. The molecule has 5 nitrogen and oxygen atoms in total. The van der Waals surface area contributed by atoms with Crippen LogP contribution in [0.2, 0.25) is 0 Å². The third-order valence-corrected chi connectivity index (χ3v) is 3.43. The molecule has 0 saturated carbocycles. The molecule has 1 aromatic heterocycles. The molecule has 5 heteroatoms. The number of rotatable bonds is 4. The molecule has 0 unspecified atom stereocenters. The van der Waals surface area contributed by atoms with Gasteiger partial charge < -0.3 is 5.32 Å². The first kappa shape index (κ1) is 13.8. The van der Waals surface area contributed by atoms with Gasteiger partial charge in [-0.1, -0.05) is 23.4 Å². The molecular weight excluding hydrogens is 274 g/mol. The van der Waals surface area contributed by atoms with Crippen molar-refractivity contribution in [1.82, 2.24) is 15.0 Å². The highest BCUT2D eigenvalue weighted by atomic mass is 15.4. The highest BCUT2D eigenvalue weighted by Crippen LogP contribution is 2.21. The zero-order valence-corrected chi connectivity index (χ0v) is 12.1. The van der Waals surface area contributed by atoms with Crippen molar-refractivity contribution in [3.8, 4) is 11.8 Å². The molecule has 0 fully saturated rings. The SMILES string of the molecule is C[C@H](Nc1cccc(C#N)c1)c1cccc(-n2ccnn2)c1. The van der Waals surface area contributed by atoms with Crippen LogP contribution in [0.4, 0.5) is 5.69 Å². The van der Waals surface area contributed by atoms with Gasteiger partial charge in [0.2, 0.25) is 0 Å². The molecule has 22 heavy (non-hydrogen) atoms.